The Morgan fingerprint density at radius 2 is 1.46 bits per heavy atom. The lowest BCUT2D eigenvalue weighted by Gasteiger charge is -2.19. The van der Waals surface area contributed by atoms with Crippen molar-refractivity contribution in [1.29, 1.82) is 0 Å². The molecule has 0 fully saturated rings. The fourth-order valence-electron chi connectivity index (χ4n) is 2.76. The van der Waals surface area contributed by atoms with Gasteiger partial charge in [0.1, 0.15) is 6.04 Å². The van der Waals surface area contributed by atoms with Gasteiger partial charge in [-0.2, -0.15) is 0 Å². The molecule has 0 aliphatic heterocycles. The van der Waals surface area contributed by atoms with E-state index in [-0.39, 0.29) is 5.91 Å². The number of carbonyl (C=O) groups is 1. The average molecular weight is 365 g/mol. The molecule has 3 aromatic rings. The summed E-state index contributed by atoms with van der Waals surface area (Å²) in [7, 11) is 0. The molecule has 3 rings (SSSR count). The van der Waals surface area contributed by atoms with Gasteiger partial charge < -0.3 is 10.6 Å². The largest absolute Gasteiger partial charge is 0.324 e. The van der Waals surface area contributed by atoms with Crippen LogP contribution in [0.5, 0.6) is 0 Å². The van der Waals surface area contributed by atoms with Crippen LogP contribution in [0, 0.1) is 0 Å². The number of hydrogen-bond donors (Lipinski definition) is 2. The summed E-state index contributed by atoms with van der Waals surface area (Å²) in [6.45, 7) is 0.694. The Balaban J connectivity index is 1.70. The van der Waals surface area contributed by atoms with Crippen LogP contribution in [0.3, 0.4) is 0 Å². The smallest absolute Gasteiger partial charge is 0.246 e. The second-order valence-corrected chi connectivity index (χ2v) is 6.47. The maximum Gasteiger partial charge on any atom is 0.246 e. The van der Waals surface area contributed by atoms with Crippen molar-refractivity contribution in [2.75, 3.05) is 11.9 Å². The van der Waals surface area contributed by atoms with Gasteiger partial charge in [-0.25, -0.2) is 0 Å². The van der Waals surface area contributed by atoms with Gasteiger partial charge >= 0.3 is 0 Å². The van der Waals surface area contributed by atoms with Crippen molar-refractivity contribution in [3.05, 3.63) is 101 Å². The lowest BCUT2D eigenvalue weighted by Crippen LogP contribution is -2.34. The highest BCUT2D eigenvalue weighted by Crippen LogP contribution is 2.19. The minimum absolute atomic E-state index is 0.0911. The van der Waals surface area contributed by atoms with Gasteiger partial charge in [-0.3, -0.25) is 4.79 Å². The molecule has 0 radical (unpaired) electrons. The Kier molecular flexibility index (Phi) is 6.42. The quantitative estimate of drug-likeness (QED) is 0.629. The summed E-state index contributed by atoms with van der Waals surface area (Å²) in [6.07, 6.45) is 0.851. The Hall–Kier alpha value is -2.62. The highest BCUT2D eigenvalue weighted by atomic mass is 35.5. The molecule has 0 bridgehead atoms. The molecule has 0 heterocycles. The number of rotatable bonds is 7. The Morgan fingerprint density at radius 3 is 2.12 bits per heavy atom. The summed E-state index contributed by atoms with van der Waals surface area (Å²) >= 11 is 5.99. The second kappa shape index (κ2) is 9.18. The Morgan fingerprint density at radius 1 is 0.846 bits per heavy atom. The molecule has 0 aliphatic rings. The van der Waals surface area contributed by atoms with Crippen LogP contribution in [-0.4, -0.2) is 12.5 Å². The summed E-state index contributed by atoms with van der Waals surface area (Å²) in [4.78, 5) is 12.8. The monoisotopic (exact) mass is 364 g/mol. The predicted molar refractivity (Wildman–Crippen MR) is 107 cm³/mol. The van der Waals surface area contributed by atoms with Crippen LogP contribution in [0.4, 0.5) is 5.69 Å². The second-order valence-electron chi connectivity index (χ2n) is 6.03. The summed E-state index contributed by atoms with van der Waals surface area (Å²) < 4.78 is 0. The van der Waals surface area contributed by atoms with E-state index >= 15 is 0 Å². The van der Waals surface area contributed by atoms with Gasteiger partial charge in [0, 0.05) is 17.3 Å². The number of nitrogens with one attached hydrogen (secondary N) is 2. The van der Waals surface area contributed by atoms with Crippen molar-refractivity contribution >= 4 is 23.2 Å². The van der Waals surface area contributed by atoms with E-state index in [1.807, 2.05) is 60.7 Å². The van der Waals surface area contributed by atoms with E-state index in [2.05, 4.69) is 22.8 Å². The van der Waals surface area contributed by atoms with Crippen molar-refractivity contribution in [3.8, 4) is 0 Å². The summed E-state index contributed by atoms with van der Waals surface area (Å²) in [5.41, 5.74) is 2.90. The molecule has 2 N–H and O–H groups in total. The van der Waals surface area contributed by atoms with Gasteiger partial charge in [-0.05, 0) is 41.8 Å². The maximum atomic E-state index is 12.8. The molecule has 3 aromatic carbocycles. The molecular weight excluding hydrogens is 344 g/mol. The van der Waals surface area contributed by atoms with Crippen LogP contribution in [0.15, 0.2) is 84.9 Å². The molecular formula is C22H21ClN2O. The summed E-state index contributed by atoms with van der Waals surface area (Å²) in [5, 5.41) is 6.99. The molecule has 0 spiro atoms. The molecule has 0 saturated heterocycles. The van der Waals surface area contributed by atoms with E-state index in [0.29, 0.717) is 11.6 Å². The highest BCUT2D eigenvalue weighted by Gasteiger charge is 2.20. The van der Waals surface area contributed by atoms with Gasteiger partial charge in [-0.15, -0.1) is 0 Å². The van der Waals surface area contributed by atoms with E-state index in [4.69, 9.17) is 11.6 Å². The van der Waals surface area contributed by atoms with Crippen molar-refractivity contribution in [2.24, 2.45) is 0 Å². The van der Waals surface area contributed by atoms with Gasteiger partial charge in [0.15, 0.2) is 0 Å². The van der Waals surface area contributed by atoms with E-state index in [9.17, 15) is 4.79 Å². The maximum absolute atomic E-state index is 12.8. The molecule has 1 amide bonds. The first kappa shape index (κ1) is 18.2. The molecule has 0 saturated carbocycles. The normalized spacial score (nSPS) is 11.7. The third-order valence-electron chi connectivity index (χ3n) is 4.11. The molecule has 0 unspecified atom stereocenters. The molecule has 132 valence electrons. The van der Waals surface area contributed by atoms with Crippen molar-refractivity contribution in [2.45, 2.75) is 12.5 Å². The molecule has 1 atom stereocenters. The number of carbonyl (C=O) groups excluding carboxylic acids is 1. The third-order valence-corrected chi connectivity index (χ3v) is 4.36. The summed E-state index contributed by atoms with van der Waals surface area (Å²) in [6, 6.07) is 26.6. The minimum atomic E-state index is -0.448. The molecule has 26 heavy (non-hydrogen) atoms. The molecule has 0 aliphatic carbocycles. The predicted octanol–water partition coefficient (Wildman–Crippen LogP) is 4.85. The van der Waals surface area contributed by atoms with Crippen molar-refractivity contribution in [1.82, 2.24) is 5.32 Å². The number of amides is 1. The number of hydrogen-bond acceptors (Lipinski definition) is 2. The van der Waals surface area contributed by atoms with E-state index in [0.717, 1.165) is 17.7 Å². The van der Waals surface area contributed by atoms with Crippen molar-refractivity contribution < 1.29 is 4.79 Å². The Bertz CT molecular complexity index is 820. The van der Waals surface area contributed by atoms with E-state index in [1.54, 1.807) is 12.1 Å². The lowest BCUT2D eigenvalue weighted by atomic mass is 10.1. The highest BCUT2D eigenvalue weighted by molar-refractivity contribution is 6.30. The van der Waals surface area contributed by atoms with E-state index in [1.165, 1.54) is 5.56 Å². The average Bonchev–Trinajstić information content (AvgIpc) is 2.68. The van der Waals surface area contributed by atoms with Crippen LogP contribution in [0.25, 0.3) is 0 Å². The van der Waals surface area contributed by atoms with Gasteiger partial charge in [0.05, 0.1) is 0 Å². The standard InChI is InChI=1S/C22H21ClN2O/c23-19-13-11-18(12-14-19)21(22(26)25-20-9-5-2-6-10-20)24-16-15-17-7-3-1-4-8-17/h1-14,21,24H,15-16H2,(H,25,26)/t21-/m0/s1. The first-order valence-electron chi connectivity index (χ1n) is 8.61. The number of benzene rings is 3. The molecule has 4 heteroatoms. The van der Waals surface area contributed by atoms with Crippen molar-refractivity contribution in [3.63, 3.8) is 0 Å². The number of para-hydroxylation sites is 1. The topological polar surface area (TPSA) is 41.1 Å². The SMILES string of the molecule is O=C(Nc1ccccc1)[C@@H](NCCc1ccccc1)c1ccc(Cl)cc1. The van der Waals surface area contributed by atoms with Crippen LogP contribution < -0.4 is 10.6 Å². The minimum Gasteiger partial charge on any atom is -0.324 e. The van der Waals surface area contributed by atoms with Crippen LogP contribution in [0.2, 0.25) is 5.02 Å². The number of halogens is 1. The zero-order chi connectivity index (χ0) is 18.2. The van der Waals surface area contributed by atoms with Gasteiger partial charge in [0.25, 0.3) is 0 Å². The molecule has 3 nitrogen and oxygen atoms in total. The summed E-state index contributed by atoms with van der Waals surface area (Å²) in [5.74, 6) is -0.0911. The van der Waals surface area contributed by atoms with Gasteiger partial charge in [0.2, 0.25) is 5.91 Å². The first-order chi connectivity index (χ1) is 12.7. The zero-order valence-corrected chi connectivity index (χ0v) is 15.1. The van der Waals surface area contributed by atoms with Crippen LogP contribution in [0.1, 0.15) is 17.2 Å². The van der Waals surface area contributed by atoms with Crippen LogP contribution in [-0.2, 0) is 11.2 Å². The Labute approximate surface area is 159 Å². The zero-order valence-electron chi connectivity index (χ0n) is 14.4. The lowest BCUT2D eigenvalue weighted by molar-refractivity contribution is -0.118. The first-order valence-corrected chi connectivity index (χ1v) is 8.99. The van der Waals surface area contributed by atoms with E-state index < -0.39 is 6.04 Å². The molecule has 0 aromatic heterocycles. The van der Waals surface area contributed by atoms with Crippen LogP contribution >= 0.6 is 11.6 Å². The fraction of sp³-hybridized carbons (Fsp3) is 0.136. The number of anilines is 1. The fourth-order valence-corrected chi connectivity index (χ4v) is 2.88. The van der Waals surface area contributed by atoms with Gasteiger partial charge in [-0.1, -0.05) is 72.3 Å². The third kappa shape index (κ3) is 5.19.